The van der Waals surface area contributed by atoms with E-state index in [4.69, 9.17) is 4.52 Å². The van der Waals surface area contributed by atoms with Crippen molar-refractivity contribution in [2.45, 2.75) is 52.0 Å². The zero-order valence-corrected chi connectivity index (χ0v) is 12.2. The fourth-order valence-corrected chi connectivity index (χ4v) is 7.21. The molecule has 2 N–H and O–H groups in total. The summed E-state index contributed by atoms with van der Waals surface area (Å²) in [5, 5.41) is 9.42. The molecule has 98 valence electrons. The Morgan fingerprint density at radius 3 is 1.94 bits per heavy atom. The van der Waals surface area contributed by atoms with Crippen LogP contribution in [-0.2, 0) is 4.52 Å². The minimum atomic E-state index is -3.67. The summed E-state index contributed by atoms with van der Waals surface area (Å²) in [6.45, 7) is 12.5. The summed E-state index contributed by atoms with van der Waals surface area (Å²) in [4.78, 5) is 11.1. The van der Waals surface area contributed by atoms with Crippen LogP contribution in [0.1, 0.15) is 41.0 Å². The Labute approximate surface area is 98.7 Å². The Morgan fingerprint density at radius 1 is 1.25 bits per heavy atom. The van der Waals surface area contributed by atoms with E-state index in [1.165, 1.54) is 0 Å². The molecular formula is C11H26NO3P. The summed E-state index contributed by atoms with van der Waals surface area (Å²) < 4.78 is 7.83. The van der Waals surface area contributed by atoms with E-state index >= 15 is 0 Å². The SMILES string of the molecule is CCN(CC)P1(C)(O)OC(C)(C)C[C@]1(C)O. The van der Waals surface area contributed by atoms with Gasteiger partial charge in [-0.05, 0) is 0 Å². The molecule has 4 nitrogen and oxygen atoms in total. The molecule has 0 aromatic heterocycles. The summed E-state index contributed by atoms with van der Waals surface area (Å²) in [5.41, 5.74) is -0.479. The molecule has 0 bridgehead atoms. The molecule has 0 aromatic rings. The minimum absolute atomic E-state index is 0.460. The van der Waals surface area contributed by atoms with Crippen molar-refractivity contribution < 1.29 is 14.5 Å². The quantitative estimate of drug-likeness (QED) is 0.755. The third kappa shape index (κ3) is 1.81. The van der Waals surface area contributed by atoms with Crippen LogP contribution < -0.4 is 0 Å². The summed E-state index contributed by atoms with van der Waals surface area (Å²) >= 11 is 0. The van der Waals surface area contributed by atoms with Crippen LogP contribution in [-0.4, -0.2) is 45.4 Å². The van der Waals surface area contributed by atoms with Gasteiger partial charge in [0, 0.05) is 0 Å². The van der Waals surface area contributed by atoms with Gasteiger partial charge in [-0.3, -0.25) is 0 Å². The Balaban J connectivity index is 3.25. The van der Waals surface area contributed by atoms with Gasteiger partial charge in [0.2, 0.25) is 0 Å². The van der Waals surface area contributed by atoms with Crippen LogP contribution in [0.2, 0.25) is 0 Å². The molecular weight excluding hydrogens is 225 g/mol. The first kappa shape index (κ1) is 14.3. The third-order valence-corrected chi connectivity index (χ3v) is 8.94. The topological polar surface area (TPSA) is 52.9 Å². The molecule has 1 aliphatic rings. The Morgan fingerprint density at radius 2 is 1.69 bits per heavy atom. The van der Waals surface area contributed by atoms with Crippen molar-refractivity contribution in [1.29, 1.82) is 0 Å². The molecule has 0 aliphatic carbocycles. The standard InChI is InChI=1S/C11H26NO3P/c1-7-12(8-2)16(6,14)11(5,13)9-10(3,4)15-16/h13-14H,7-9H2,1-6H3/t11-/m1/s1. The van der Waals surface area contributed by atoms with Gasteiger partial charge in [0.1, 0.15) is 0 Å². The van der Waals surface area contributed by atoms with Crippen LogP contribution in [0.3, 0.4) is 0 Å². The third-order valence-electron chi connectivity index (χ3n) is 3.73. The fourth-order valence-electron chi connectivity index (χ4n) is 2.96. The molecule has 1 atom stereocenters. The first-order chi connectivity index (χ1) is 6.98. The molecule has 1 fully saturated rings. The second-order valence-electron chi connectivity index (χ2n) is 5.73. The van der Waals surface area contributed by atoms with Crippen LogP contribution in [0.25, 0.3) is 0 Å². The predicted molar refractivity (Wildman–Crippen MR) is 68.4 cm³/mol. The molecule has 1 rings (SSSR count). The van der Waals surface area contributed by atoms with Crippen LogP contribution >= 0.6 is 7.21 Å². The molecule has 5 heteroatoms. The predicted octanol–water partition coefficient (Wildman–Crippen LogP) is 2.16. The molecule has 0 amide bonds. The van der Waals surface area contributed by atoms with Crippen molar-refractivity contribution in [2.75, 3.05) is 19.8 Å². The van der Waals surface area contributed by atoms with Crippen LogP contribution in [0.15, 0.2) is 0 Å². The molecule has 16 heavy (non-hydrogen) atoms. The number of aliphatic hydroxyl groups is 1. The van der Waals surface area contributed by atoms with E-state index in [1.54, 1.807) is 13.6 Å². The van der Waals surface area contributed by atoms with Crippen molar-refractivity contribution >= 4 is 7.21 Å². The Hall–Kier alpha value is 0.270. The van der Waals surface area contributed by atoms with Crippen LogP contribution in [0, 0.1) is 0 Å². The van der Waals surface area contributed by atoms with Crippen LogP contribution in [0.4, 0.5) is 0 Å². The van der Waals surface area contributed by atoms with Crippen molar-refractivity contribution in [3.05, 3.63) is 0 Å². The normalized spacial score (nSPS) is 38.2. The van der Waals surface area contributed by atoms with Gasteiger partial charge in [0.15, 0.2) is 0 Å². The second-order valence-corrected chi connectivity index (χ2v) is 10.1. The average molecular weight is 251 g/mol. The molecule has 0 saturated carbocycles. The zero-order chi connectivity index (χ0) is 12.9. The number of hydrogen-bond donors (Lipinski definition) is 2. The van der Waals surface area contributed by atoms with E-state index in [-0.39, 0.29) is 0 Å². The van der Waals surface area contributed by atoms with E-state index in [2.05, 4.69) is 0 Å². The maximum atomic E-state index is 11.1. The molecule has 1 saturated heterocycles. The average Bonchev–Trinajstić information content (AvgIpc) is 2.13. The van der Waals surface area contributed by atoms with Crippen molar-refractivity contribution in [1.82, 2.24) is 4.67 Å². The van der Waals surface area contributed by atoms with Gasteiger partial charge in [-0.2, -0.15) is 0 Å². The molecule has 0 aromatic carbocycles. The van der Waals surface area contributed by atoms with Gasteiger partial charge in [-0.15, -0.1) is 0 Å². The van der Waals surface area contributed by atoms with Gasteiger partial charge in [0.05, 0.1) is 0 Å². The Kier molecular flexibility index (Phi) is 3.25. The van der Waals surface area contributed by atoms with E-state index < -0.39 is 18.2 Å². The number of rotatable bonds is 3. The van der Waals surface area contributed by atoms with E-state index in [0.29, 0.717) is 19.5 Å². The molecule has 0 spiro atoms. The first-order valence-electron chi connectivity index (χ1n) is 5.93. The second kappa shape index (κ2) is 3.63. The first-order valence-corrected chi connectivity index (χ1v) is 8.44. The summed E-state index contributed by atoms with van der Waals surface area (Å²) in [5.74, 6) is 0. The van der Waals surface area contributed by atoms with E-state index in [0.717, 1.165) is 0 Å². The summed E-state index contributed by atoms with van der Waals surface area (Å²) in [7, 11) is -3.67. The van der Waals surface area contributed by atoms with Gasteiger partial charge in [0.25, 0.3) is 0 Å². The maximum absolute atomic E-state index is 11.1. The molecule has 1 aliphatic heterocycles. The molecule has 0 radical (unpaired) electrons. The van der Waals surface area contributed by atoms with Crippen molar-refractivity contribution in [3.63, 3.8) is 0 Å². The van der Waals surface area contributed by atoms with Crippen molar-refractivity contribution in [2.24, 2.45) is 0 Å². The van der Waals surface area contributed by atoms with Crippen molar-refractivity contribution in [3.8, 4) is 0 Å². The fraction of sp³-hybridized carbons (Fsp3) is 1.00. The molecule has 0 unspecified atom stereocenters. The van der Waals surface area contributed by atoms with Gasteiger partial charge < -0.3 is 0 Å². The summed E-state index contributed by atoms with van der Waals surface area (Å²) in [6.07, 6.45) is 0.460. The number of hydrogen-bond acceptors (Lipinski definition) is 4. The van der Waals surface area contributed by atoms with E-state index in [9.17, 15) is 10.00 Å². The monoisotopic (exact) mass is 251 g/mol. The van der Waals surface area contributed by atoms with Gasteiger partial charge in [-0.1, -0.05) is 0 Å². The molecule has 1 heterocycles. The Bertz CT molecular complexity index is 285. The number of nitrogens with zero attached hydrogens (tertiary/aromatic N) is 1. The zero-order valence-electron chi connectivity index (χ0n) is 11.3. The van der Waals surface area contributed by atoms with Gasteiger partial charge >= 0.3 is 98.1 Å². The summed E-state index contributed by atoms with van der Waals surface area (Å²) in [6, 6.07) is 0. The van der Waals surface area contributed by atoms with Crippen LogP contribution in [0.5, 0.6) is 0 Å². The van der Waals surface area contributed by atoms with Gasteiger partial charge in [-0.25, -0.2) is 0 Å². The van der Waals surface area contributed by atoms with E-state index in [1.807, 2.05) is 32.4 Å².